The summed E-state index contributed by atoms with van der Waals surface area (Å²) in [7, 11) is 2.13. The molecule has 1 aromatic heterocycles. The third kappa shape index (κ3) is 1.13. The van der Waals surface area contributed by atoms with Gasteiger partial charge >= 0.3 is 0 Å². The zero-order valence-electron chi connectivity index (χ0n) is 6.73. The summed E-state index contributed by atoms with van der Waals surface area (Å²) in [6.45, 7) is 0. The molecular formula is C9H12BrN. The van der Waals surface area contributed by atoms with Crippen LogP contribution < -0.4 is 0 Å². The van der Waals surface area contributed by atoms with Crippen molar-refractivity contribution >= 4 is 15.9 Å². The van der Waals surface area contributed by atoms with Crippen molar-refractivity contribution in [1.29, 1.82) is 0 Å². The zero-order valence-corrected chi connectivity index (χ0v) is 8.32. The lowest BCUT2D eigenvalue weighted by molar-refractivity contribution is 0.646. The molecule has 1 aromatic rings. The Balaban J connectivity index is 2.50. The molecule has 0 bridgehead atoms. The molecule has 1 aliphatic rings. The average molecular weight is 214 g/mol. The molecule has 0 radical (unpaired) electrons. The lowest BCUT2D eigenvalue weighted by atomic mass is 9.98. The largest absolute Gasteiger partial charge is 0.342 e. The van der Waals surface area contributed by atoms with Crippen molar-refractivity contribution < 1.29 is 0 Å². The Kier molecular flexibility index (Phi) is 1.80. The van der Waals surface area contributed by atoms with Crippen molar-refractivity contribution in [2.45, 2.75) is 25.7 Å². The first-order valence-corrected chi connectivity index (χ1v) is 4.91. The van der Waals surface area contributed by atoms with Crippen molar-refractivity contribution in [3.8, 4) is 0 Å². The van der Waals surface area contributed by atoms with Crippen LogP contribution in [0.3, 0.4) is 0 Å². The fourth-order valence-electron chi connectivity index (χ4n) is 1.82. The van der Waals surface area contributed by atoms with Crippen LogP contribution in [-0.2, 0) is 19.9 Å². The normalized spacial score (nSPS) is 16.5. The fraction of sp³-hybridized carbons (Fsp3) is 0.556. The Labute approximate surface area is 75.5 Å². The Morgan fingerprint density at radius 3 is 2.82 bits per heavy atom. The van der Waals surface area contributed by atoms with E-state index in [1.807, 2.05) is 0 Å². The second-order valence-electron chi connectivity index (χ2n) is 3.21. The maximum atomic E-state index is 3.54. The highest BCUT2D eigenvalue weighted by atomic mass is 79.9. The Hall–Kier alpha value is -0.240. The Morgan fingerprint density at radius 1 is 1.36 bits per heavy atom. The van der Waals surface area contributed by atoms with Gasteiger partial charge in [0.2, 0.25) is 0 Å². The van der Waals surface area contributed by atoms with Gasteiger partial charge in [0.1, 0.15) is 0 Å². The zero-order chi connectivity index (χ0) is 7.84. The summed E-state index contributed by atoms with van der Waals surface area (Å²) in [5.74, 6) is 0. The fourth-order valence-corrected chi connectivity index (χ4v) is 2.31. The van der Waals surface area contributed by atoms with Gasteiger partial charge in [-0.2, -0.15) is 0 Å². The molecule has 0 unspecified atom stereocenters. The van der Waals surface area contributed by atoms with Crippen LogP contribution >= 0.6 is 15.9 Å². The minimum atomic E-state index is 1.23. The molecule has 0 spiro atoms. The van der Waals surface area contributed by atoms with Gasteiger partial charge in [-0.15, -0.1) is 0 Å². The van der Waals surface area contributed by atoms with Crippen LogP contribution in [0.2, 0.25) is 0 Å². The molecular weight excluding hydrogens is 202 g/mol. The minimum absolute atomic E-state index is 1.23. The Bertz CT molecular complexity index is 275. The van der Waals surface area contributed by atoms with E-state index in [0.717, 1.165) is 0 Å². The summed E-state index contributed by atoms with van der Waals surface area (Å²) in [5, 5.41) is 0. The number of fused-ring (bicyclic) bond motifs is 1. The van der Waals surface area contributed by atoms with Gasteiger partial charge in [-0.1, -0.05) is 0 Å². The van der Waals surface area contributed by atoms with Gasteiger partial charge in [-0.05, 0) is 53.2 Å². The highest BCUT2D eigenvalue weighted by Crippen LogP contribution is 2.26. The second-order valence-corrected chi connectivity index (χ2v) is 4.02. The molecule has 0 saturated carbocycles. The number of aryl methyl sites for hydroxylation is 1. The molecule has 0 atom stereocenters. The second kappa shape index (κ2) is 2.67. The predicted molar refractivity (Wildman–Crippen MR) is 49.8 cm³/mol. The first-order valence-electron chi connectivity index (χ1n) is 4.12. The number of rotatable bonds is 0. The average Bonchev–Trinajstić information content (AvgIpc) is 2.30. The van der Waals surface area contributed by atoms with Crippen LogP contribution in [0.4, 0.5) is 0 Å². The van der Waals surface area contributed by atoms with E-state index < -0.39 is 0 Å². The van der Waals surface area contributed by atoms with Gasteiger partial charge in [0.05, 0.1) is 4.60 Å². The van der Waals surface area contributed by atoms with E-state index in [4.69, 9.17) is 0 Å². The lowest BCUT2D eigenvalue weighted by Crippen LogP contribution is -2.04. The minimum Gasteiger partial charge on any atom is -0.342 e. The highest BCUT2D eigenvalue weighted by molar-refractivity contribution is 9.10. The topological polar surface area (TPSA) is 4.93 Å². The quantitative estimate of drug-likeness (QED) is 0.625. The van der Waals surface area contributed by atoms with Crippen molar-refractivity contribution in [3.05, 3.63) is 21.9 Å². The highest BCUT2D eigenvalue weighted by Gasteiger charge is 2.13. The number of hydrogen-bond donors (Lipinski definition) is 0. The van der Waals surface area contributed by atoms with Crippen LogP contribution in [0.25, 0.3) is 0 Å². The number of aromatic nitrogens is 1. The standard InChI is InChI=1S/C9H12BrN/c1-11-8-5-3-2-4-7(8)6-9(11)10/h6H,2-5H2,1H3. The van der Waals surface area contributed by atoms with E-state index in [9.17, 15) is 0 Å². The SMILES string of the molecule is Cn1c(Br)cc2c1CCCC2. The molecule has 1 nitrogen and oxygen atoms in total. The van der Waals surface area contributed by atoms with Gasteiger partial charge in [-0.25, -0.2) is 0 Å². The summed E-state index contributed by atoms with van der Waals surface area (Å²) in [6, 6.07) is 2.26. The van der Waals surface area contributed by atoms with E-state index in [0.29, 0.717) is 0 Å². The monoisotopic (exact) mass is 213 g/mol. The van der Waals surface area contributed by atoms with Crippen LogP contribution in [0.5, 0.6) is 0 Å². The van der Waals surface area contributed by atoms with E-state index in [1.165, 1.54) is 36.0 Å². The molecule has 2 rings (SSSR count). The maximum Gasteiger partial charge on any atom is 0.0848 e. The van der Waals surface area contributed by atoms with E-state index in [2.05, 4.69) is 33.6 Å². The van der Waals surface area contributed by atoms with E-state index in [-0.39, 0.29) is 0 Å². The number of halogens is 1. The van der Waals surface area contributed by atoms with Crippen molar-refractivity contribution in [2.24, 2.45) is 7.05 Å². The summed E-state index contributed by atoms with van der Waals surface area (Å²) in [4.78, 5) is 0. The van der Waals surface area contributed by atoms with Crippen LogP contribution in [0, 0.1) is 0 Å². The molecule has 0 saturated heterocycles. The smallest absolute Gasteiger partial charge is 0.0848 e. The molecule has 1 heterocycles. The third-order valence-corrected chi connectivity index (χ3v) is 3.26. The molecule has 0 fully saturated rings. The molecule has 1 aliphatic carbocycles. The van der Waals surface area contributed by atoms with Crippen molar-refractivity contribution in [3.63, 3.8) is 0 Å². The molecule has 0 aliphatic heterocycles. The first kappa shape index (κ1) is 7.41. The maximum absolute atomic E-state index is 3.54. The molecule has 0 aromatic carbocycles. The molecule has 0 N–H and O–H groups in total. The van der Waals surface area contributed by atoms with Crippen LogP contribution in [0.15, 0.2) is 10.7 Å². The van der Waals surface area contributed by atoms with Gasteiger partial charge in [0.15, 0.2) is 0 Å². The first-order chi connectivity index (χ1) is 5.29. The van der Waals surface area contributed by atoms with E-state index >= 15 is 0 Å². The summed E-state index contributed by atoms with van der Waals surface area (Å²) in [5.41, 5.74) is 3.08. The van der Waals surface area contributed by atoms with Crippen LogP contribution in [0.1, 0.15) is 24.1 Å². The summed E-state index contributed by atoms with van der Waals surface area (Å²) in [6.07, 6.45) is 5.26. The van der Waals surface area contributed by atoms with Crippen molar-refractivity contribution in [2.75, 3.05) is 0 Å². The summed E-state index contributed by atoms with van der Waals surface area (Å²) < 4.78 is 3.48. The Morgan fingerprint density at radius 2 is 2.09 bits per heavy atom. The van der Waals surface area contributed by atoms with E-state index in [1.54, 1.807) is 5.56 Å². The number of nitrogens with zero attached hydrogens (tertiary/aromatic N) is 1. The van der Waals surface area contributed by atoms with Gasteiger partial charge in [-0.3, -0.25) is 0 Å². The number of hydrogen-bond acceptors (Lipinski definition) is 0. The van der Waals surface area contributed by atoms with Crippen LogP contribution in [-0.4, -0.2) is 4.57 Å². The molecule has 0 amide bonds. The predicted octanol–water partition coefficient (Wildman–Crippen LogP) is 2.67. The molecule has 60 valence electrons. The van der Waals surface area contributed by atoms with Gasteiger partial charge < -0.3 is 4.57 Å². The van der Waals surface area contributed by atoms with Crippen molar-refractivity contribution in [1.82, 2.24) is 4.57 Å². The lowest BCUT2D eigenvalue weighted by Gasteiger charge is -2.12. The molecule has 2 heteroatoms. The van der Waals surface area contributed by atoms with Gasteiger partial charge in [0, 0.05) is 12.7 Å². The van der Waals surface area contributed by atoms with Gasteiger partial charge in [0.25, 0.3) is 0 Å². The third-order valence-electron chi connectivity index (χ3n) is 2.50. The molecule has 11 heavy (non-hydrogen) atoms. The summed E-state index contributed by atoms with van der Waals surface area (Å²) >= 11 is 3.54.